The van der Waals surface area contributed by atoms with Gasteiger partial charge < -0.3 is 10.2 Å². The summed E-state index contributed by atoms with van der Waals surface area (Å²) in [5.74, 6) is -0.385. The molecule has 3 rings (SSSR count). The molecule has 0 bridgehead atoms. The molecule has 1 heterocycles. The van der Waals surface area contributed by atoms with Crippen LogP contribution in [0, 0.1) is 0 Å². The van der Waals surface area contributed by atoms with E-state index in [1.54, 1.807) is 29.2 Å². The van der Waals surface area contributed by atoms with Gasteiger partial charge in [-0.05, 0) is 48.5 Å². The van der Waals surface area contributed by atoms with Crippen LogP contribution in [0.3, 0.4) is 0 Å². The van der Waals surface area contributed by atoms with Gasteiger partial charge in [0, 0.05) is 29.5 Å². The van der Waals surface area contributed by atoms with Crippen LogP contribution in [-0.4, -0.2) is 44.9 Å². The summed E-state index contributed by atoms with van der Waals surface area (Å²) < 4.78 is 22.5. The maximum atomic E-state index is 12.5. The van der Waals surface area contributed by atoms with E-state index in [-0.39, 0.29) is 23.4 Å². The van der Waals surface area contributed by atoms with Gasteiger partial charge >= 0.3 is 6.03 Å². The molecule has 0 aromatic heterocycles. The van der Waals surface area contributed by atoms with Crippen molar-refractivity contribution in [2.75, 3.05) is 29.9 Å². The Labute approximate surface area is 161 Å². The number of anilines is 2. The normalized spacial score (nSPS) is 14.5. The molecule has 27 heavy (non-hydrogen) atoms. The number of primary sulfonamides is 1. The van der Waals surface area contributed by atoms with Gasteiger partial charge in [-0.25, -0.2) is 18.4 Å². The standard InChI is InChI=1S/C17H17ClN4O4S/c18-12-1-5-14(6-2-12)22-10-9-21(17(22)24)11-16(23)20-13-3-7-15(8-4-13)27(19,25)26/h1-8H,9-11H2,(H,20,23)(H2,19,25,26). The van der Waals surface area contributed by atoms with Crippen LogP contribution < -0.4 is 15.4 Å². The molecule has 142 valence electrons. The lowest BCUT2D eigenvalue weighted by molar-refractivity contribution is -0.116. The van der Waals surface area contributed by atoms with E-state index in [1.807, 2.05) is 0 Å². The number of hydrogen-bond donors (Lipinski definition) is 2. The van der Waals surface area contributed by atoms with Crippen molar-refractivity contribution in [2.24, 2.45) is 5.14 Å². The minimum atomic E-state index is -3.79. The lowest BCUT2D eigenvalue weighted by Gasteiger charge is -2.18. The maximum Gasteiger partial charge on any atom is 0.325 e. The highest BCUT2D eigenvalue weighted by atomic mass is 35.5. The Bertz CT molecular complexity index is 961. The van der Waals surface area contributed by atoms with Crippen LogP contribution >= 0.6 is 11.6 Å². The van der Waals surface area contributed by atoms with Crippen LogP contribution in [-0.2, 0) is 14.8 Å². The minimum absolute atomic E-state index is 0.0474. The minimum Gasteiger partial charge on any atom is -0.325 e. The van der Waals surface area contributed by atoms with Crippen molar-refractivity contribution in [1.29, 1.82) is 0 Å². The molecule has 1 saturated heterocycles. The summed E-state index contributed by atoms with van der Waals surface area (Å²) in [5, 5.41) is 8.23. The van der Waals surface area contributed by atoms with Gasteiger partial charge in [0.25, 0.3) is 0 Å². The van der Waals surface area contributed by atoms with E-state index in [2.05, 4.69) is 5.32 Å². The Morgan fingerprint density at radius 3 is 2.30 bits per heavy atom. The quantitative estimate of drug-likeness (QED) is 0.786. The molecule has 1 fully saturated rings. The largest absolute Gasteiger partial charge is 0.325 e. The van der Waals surface area contributed by atoms with Gasteiger partial charge in [0.1, 0.15) is 6.54 Å². The highest BCUT2D eigenvalue weighted by molar-refractivity contribution is 7.89. The molecule has 8 nitrogen and oxygen atoms in total. The lowest BCUT2D eigenvalue weighted by atomic mass is 10.3. The zero-order valence-corrected chi connectivity index (χ0v) is 15.7. The molecule has 0 aliphatic carbocycles. The van der Waals surface area contributed by atoms with Crippen molar-refractivity contribution in [2.45, 2.75) is 4.90 Å². The molecule has 0 saturated carbocycles. The van der Waals surface area contributed by atoms with Crippen LogP contribution in [0.1, 0.15) is 0 Å². The summed E-state index contributed by atoms with van der Waals surface area (Å²) >= 11 is 5.86. The molecule has 2 aromatic rings. The van der Waals surface area contributed by atoms with Crippen LogP contribution in [0.4, 0.5) is 16.2 Å². The van der Waals surface area contributed by atoms with Crippen molar-refractivity contribution in [3.05, 3.63) is 53.6 Å². The Morgan fingerprint density at radius 2 is 1.70 bits per heavy atom. The predicted octanol–water partition coefficient (Wildman–Crippen LogP) is 1.87. The van der Waals surface area contributed by atoms with Gasteiger partial charge in [0.2, 0.25) is 15.9 Å². The van der Waals surface area contributed by atoms with Crippen LogP contribution in [0.2, 0.25) is 5.02 Å². The fourth-order valence-electron chi connectivity index (χ4n) is 2.69. The molecule has 2 aromatic carbocycles. The van der Waals surface area contributed by atoms with Gasteiger partial charge in [0.15, 0.2) is 0 Å². The van der Waals surface area contributed by atoms with E-state index < -0.39 is 10.0 Å². The third-order valence-electron chi connectivity index (χ3n) is 4.03. The number of sulfonamides is 1. The Morgan fingerprint density at radius 1 is 1.07 bits per heavy atom. The van der Waals surface area contributed by atoms with E-state index in [0.717, 1.165) is 0 Å². The molecule has 1 aliphatic rings. The number of nitrogens with zero attached hydrogens (tertiary/aromatic N) is 2. The first-order valence-corrected chi connectivity index (χ1v) is 9.91. The number of amides is 3. The molecule has 0 atom stereocenters. The average Bonchev–Trinajstić information content (AvgIpc) is 2.96. The second-order valence-electron chi connectivity index (χ2n) is 5.95. The SMILES string of the molecule is NS(=O)(=O)c1ccc(NC(=O)CN2CCN(c3ccc(Cl)cc3)C2=O)cc1. The molecular weight excluding hydrogens is 392 g/mol. The molecule has 1 aliphatic heterocycles. The lowest BCUT2D eigenvalue weighted by Crippen LogP contribution is -2.37. The van der Waals surface area contributed by atoms with Gasteiger partial charge in [-0.15, -0.1) is 0 Å². The topological polar surface area (TPSA) is 113 Å². The third kappa shape index (κ3) is 4.57. The first-order chi connectivity index (χ1) is 12.7. The summed E-state index contributed by atoms with van der Waals surface area (Å²) in [5.41, 5.74) is 1.12. The summed E-state index contributed by atoms with van der Waals surface area (Å²) in [4.78, 5) is 27.7. The van der Waals surface area contributed by atoms with E-state index >= 15 is 0 Å². The number of nitrogens with one attached hydrogen (secondary N) is 1. The van der Waals surface area contributed by atoms with E-state index in [1.165, 1.54) is 29.2 Å². The molecular formula is C17H17ClN4O4S. The van der Waals surface area contributed by atoms with Crippen molar-refractivity contribution >= 4 is 44.9 Å². The molecule has 3 N–H and O–H groups in total. The third-order valence-corrected chi connectivity index (χ3v) is 5.22. The second kappa shape index (κ2) is 7.55. The fraction of sp³-hybridized carbons (Fsp3) is 0.176. The Hall–Kier alpha value is -2.62. The van der Waals surface area contributed by atoms with Crippen LogP contribution in [0.15, 0.2) is 53.4 Å². The number of hydrogen-bond acceptors (Lipinski definition) is 4. The number of urea groups is 1. The molecule has 10 heteroatoms. The molecule has 0 spiro atoms. The summed E-state index contributed by atoms with van der Waals surface area (Å²) in [6.07, 6.45) is 0. The number of carbonyl (C=O) groups is 2. The van der Waals surface area contributed by atoms with Gasteiger partial charge in [-0.1, -0.05) is 11.6 Å². The van der Waals surface area contributed by atoms with Crippen molar-refractivity contribution in [3.8, 4) is 0 Å². The highest BCUT2D eigenvalue weighted by Gasteiger charge is 2.30. The van der Waals surface area contributed by atoms with Crippen LogP contribution in [0.25, 0.3) is 0 Å². The number of carbonyl (C=O) groups excluding carboxylic acids is 2. The monoisotopic (exact) mass is 408 g/mol. The Balaban J connectivity index is 1.60. The first kappa shape index (κ1) is 19.2. The number of benzene rings is 2. The highest BCUT2D eigenvalue weighted by Crippen LogP contribution is 2.22. The maximum absolute atomic E-state index is 12.5. The fourth-order valence-corrected chi connectivity index (χ4v) is 3.33. The molecule has 3 amide bonds. The predicted molar refractivity (Wildman–Crippen MR) is 102 cm³/mol. The van der Waals surface area contributed by atoms with Gasteiger partial charge in [-0.3, -0.25) is 9.69 Å². The smallest absolute Gasteiger partial charge is 0.325 e. The first-order valence-electron chi connectivity index (χ1n) is 7.99. The van der Waals surface area contributed by atoms with E-state index in [9.17, 15) is 18.0 Å². The van der Waals surface area contributed by atoms with Gasteiger partial charge in [0.05, 0.1) is 4.90 Å². The summed E-state index contributed by atoms with van der Waals surface area (Å²) in [7, 11) is -3.79. The Kier molecular flexibility index (Phi) is 5.36. The van der Waals surface area contributed by atoms with Gasteiger partial charge in [-0.2, -0.15) is 0 Å². The van der Waals surface area contributed by atoms with E-state index in [0.29, 0.717) is 29.5 Å². The zero-order chi connectivity index (χ0) is 19.6. The van der Waals surface area contributed by atoms with Crippen molar-refractivity contribution in [3.63, 3.8) is 0 Å². The van der Waals surface area contributed by atoms with Crippen molar-refractivity contribution < 1.29 is 18.0 Å². The summed E-state index contributed by atoms with van der Waals surface area (Å²) in [6, 6.07) is 12.1. The van der Waals surface area contributed by atoms with E-state index in [4.69, 9.17) is 16.7 Å². The number of rotatable bonds is 5. The zero-order valence-electron chi connectivity index (χ0n) is 14.1. The summed E-state index contributed by atoms with van der Waals surface area (Å²) in [6.45, 7) is 0.774. The molecule has 0 unspecified atom stereocenters. The number of nitrogens with two attached hydrogens (primary N) is 1. The number of halogens is 1. The second-order valence-corrected chi connectivity index (χ2v) is 7.95. The average molecular weight is 409 g/mol. The molecule has 0 radical (unpaired) electrons. The van der Waals surface area contributed by atoms with Crippen molar-refractivity contribution in [1.82, 2.24) is 4.90 Å². The van der Waals surface area contributed by atoms with Crippen LogP contribution in [0.5, 0.6) is 0 Å².